The molecule has 0 unspecified atom stereocenters. The van der Waals surface area contributed by atoms with Gasteiger partial charge in [-0.2, -0.15) is 0 Å². The van der Waals surface area contributed by atoms with Gasteiger partial charge in [0.15, 0.2) is 11.6 Å². The molecule has 0 aromatic heterocycles. The van der Waals surface area contributed by atoms with E-state index < -0.39 is 11.6 Å². The predicted octanol–water partition coefficient (Wildman–Crippen LogP) is 5.17. The Balaban J connectivity index is 0.000000492. The van der Waals surface area contributed by atoms with Crippen LogP contribution in [-0.4, -0.2) is 0 Å². The van der Waals surface area contributed by atoms with Crippen molar-refractivity contribution in [2.75, 3.05) is 0 Å². The number of hydrogen-bond acceptors (Lipinski definition) is 1. The van der Waals surface area contributed by atoms with Gasteiger partial charge < -0.3 is 4.74 Å². The molecule has 0 saturated heterocycles. The van der Waals surface area contributed by atoms with Crippen LogP contribution in [0.25, 0.3) is 0 Å². The van der Waals surface area contributed by atoms with Crippen LogP contribution >= 0.6 is 0 Å². The van der Waals surface area contributed by atoms with Crippen LogP contribution in [0.15, 0.2) is 48.5 Å². The Morgan fingerprint density at radius 2 is 1.56 bits per heavy atom. The molecular weight excluding hydrogens is 234 g/mol. The number of halogens is 2. The van der Waals surface area contributed by atoms with E-state index in [4.69, 9.17) is 4.74 Å². The summed E-state index contributed by atoms with van der Waals surface area (Å²) in [5, 5.41) is 0. The van der Waals surface area contributed by atoms with Crippen molar-refractivity contribution in [1.82, 2.24) is 0 Å². The van der Waals surface area contributed by atoms with Gasteiger partial charge in [0.05, 0.1) is 0 Å². The van der Waals surface area contributed by atoms with Gasteiger partial charge in [-0.05, 0) is 24.3 Å². The minimum Gasteiger partial charge on any atom is -0.454 e. The third kappa shape index (κ3) is 4.53. The molecule has 0 amide bonds. The SMILES string of the molecule is CCC.Fc1ccc(Oc2ccccc2)c(F)c1. The molecule has 1 nitrogen and oxygen atoms in total. The van der Waals surface area contributed by atoms with Crippen LogP contribution < -0.4 is 4.74 Å². The summed E-state index contributed by atoms with van der Waals surface area (Å²) in [6.45, 7) is 4.25. The molecule has 0 bridgehead atoms. The number of benzene rings is 2. The Labute approximate surface area is 106 Å². The first-order valence-corrected chi connectivity index (χ1v) is 5.85. The molecule has 0 atom stereocenters. The first kappa shape index (κ1) is 14.2. The van der Waals surface area contributed by atoms with Gasteiger partial charge >= 0.3 is 0 Å². The first-order valence-electron chi connectivity index (χ1n) is 5.85. The van der Waals surface area contributed by atoms with Crippen LogP contribution in [0.4, 0.5) is 8.78 Å². The molecular formula is C15H16F2O. The van der Waals surface area contributed by atoms with E-state index in [0.29, 0.717) is 5.75 Å². The number of hydrogen-bond donors (Lipinski definition) is 0. The van der Waals surface area contributed by atoms with Crippen LogP contribution in [0.2, 0.25) is 0 Å². The van der Waals surface area contributed by atoms with Gasteiger partial charge in [0.2, 0.25) is 0 Å². The lowest BCUT2D eigenvalue weighted by atomic mass is 10.3. The maximum Gasteiger partial charge on any atom is 0.168 e. The van der Waals surface area contributed by atoms with Crippen molar-refractivity contribution < 1.29 is 13.5 Å². The fourth-order valence-corrected chi connectivity index (χ4v) is 1.17. The molecule has 3 heteroatoms. The van der Waals surface area contributed by atoms with Crippen molar-refractivity contribution in [1.29, 1.82) is 0 Å². The largest absolute Gasteiger partial charge is 0.454 e. The highest BCUT2D eigenvalue weighted by Crippen LogP contribution is 2.24. The molecule has 18 heavy (non-hydrogen) atoms. The lowest BCUT2D eigenvalue weighted by Crippen LogP contribution is -1.88. The zero-order valence-electron chi connectivity index (χ0n) is 10.5. The average Bonchev–Trinajstić information content (AvgIpc) is 2.35. The molecule has 0 spiro atoms. The van der Waals surface area contributed by atoms with Crippen molar-refractivity contribution in [3.8, 4) is 11.5 Å². The van der Waals surface area contributed by atoms with E-state index in [1.807, 2.05) is 6.07 Å². The molecule has 0 aliphatic carbocycles. The molecule has 0 aliphatic rings. The van der Waals surface area contributed by atoms with Crippen molar-refractivity contribution in [3.05, 3.63) is 60.2 Å². The maximum atomic E-state index is 13.2. The topological polar surface area (TPSA) is 9.23 Å². The second-order valence-corrected chi connectivity index (χ2v) is 3.70. The Morgan fingerprint density at radius 3 is 2.11 bits per heavy atom. The van der Waals surface area contributed by atoms with E-state index in [9.17, 15) is 8.78 Å². The van der Waals surface area contributed by atoms with E-state index in [1.54, 1.807) is 24.3 Å². The van der Waals surface area contributed by atoms with Gasteiger partial charge in [0.25, 0.3) is 0 Å². The van der Waals surface area contributed by atoms with Crippen molar-refractivity contribution in [2.45, 2.75) is 20.3 Å². The third-order valence-electron chi connectivity index (χ3n) is 1.86. The van der Waals surface area contributed by atoms with Crippen LogP contribution in [-0.2, 0) is 0 Å². The third-order valence-corrected chi connectivity index (χ3v) is 1.86. The van der Waals surface area contributed by atoms with Gasteiger partial charge in [-0.15, -0.1) is 0 Å². The molecule has 0 radical (unpaired) electrons. The van der Waals surface area contributed by atoms with Crippen molar-refractivity contribution >= 4 is 0 Å². The summed E-state index contributed by atoms with van der Waals surface area (Å²) in [4.78, 5) is 0. The summed E-state index contributed by atoms with van der Waals surface area (Å²) in [5.74, 6) is -0.794. The van der Waals surface area contributed by atoms with E-state index in [-0.39, 0.29) is 5.75 Å². The van der Waals surface area contributed by atoms with Gasteiger partial charge in [-0.1, -0.05) is 38.5 Å². The van der Waals surface area contributed by atoms with Crippen LogP contribution in [0, 0.1) is 11.6 Å². The quantitative estimate of drug-likeness (QED) is 0.714. The van der Waals surface area contributed by atoms with Gasteiger partial charge in [0.1, 0.15) is 11.6 Å². The van der Waals surface area contributed by atoms with Crippen LogP contribution in [0.5, 0.6) is 11.5 Å². The second kappa shape index (κ2) is 7.43. The van der Waals surface area contributed by atoms with Crippen LogP contribution in [0.1, 0.15) is 20.3 Å². The number of ether oxygens (including phenoxy) is 1. The highest BCUT2D eigenvalue weighted by molar-refractivity contribution is 5.31. The molecule has 0 fully saturated rings. The maximum absolute atomic E-state index is 13.2. The minimum absolute atomic E-state index is 0.0163. The van der Waals surface area contributed by atoms with E-state index in [2.05, 4.69) is 13.8 Å². The molecule has 0 aliphatic heterocycles. The molecule has 0 N–H and O–H groups in total. The number of rotatable bonds is 2. The Morgan fingerprint density at radius 1 is 0.944 bits per heavy atom. The smallest absolute Gasteiger partial charge is 0.168 e. The van der Waals surface area contributed by atoms with Gasteiger partial charge in [-0.3, -0.25) is 0 Å². The van der Waals surface area contributed by atoms with Crippen molar-refractivity contribution in [2.24, 2.45) is 0 Å². The summed E-state index contributed by atoms with van der Waals surface area (Å²) in [6, 6.07) is 12.0. The lowest BCUT2D eigenvalue weighted by molar-refractivity contribution is 0.437. The van der Waals surface area contributed by atoms with Crippen LogP contribution in [0.3, 0.4) is 0 Å². The molecule has 0 heterocycles. The summed E-state index contributed by atoms with van der Waals surface area (Å²) in [6.07, 6.45) is 1.25. The van der Waals surface area contributed by atoms with Crippen molar-refractivity contribution in [3.63, 3.8) is 0 Å². The standard InChI is InChI=1S/C12H8F2O.C3H8/c13-9-6-7-12(11(14)8-9)15-10-4-2-1-3-5-10;1-3-2/h1-8H;3H2,1-2H3. The van der Waals surface area contributed by atoms with E-state index in [1.165, 1.54) is 12.5 Å². The molecule has 2 aromatic rings. The van der Waals surface area contributed by atoms with Gasteiger partial charge in [0, 0.05) is 6.07 Å². The second-order valence-electron chi connectivity index (χ2n) is 3.70. The molecule has 0 saturated carbocycles. The Bertz CT molecular complexity index is 469. The zero-order chi connectivity index (χ0) is 13.4. The van der Waals surface area contributed by atoms with E-state index in [0.717, 1.165) is 12.1 Å². The normalized spacial score (nSPS) is 9.33. The summed E-state index contributed by atoms with van der Waals surface area (Å²) in [7, 11) is 0. The van der Waals surface area contributed by atoms with Gasteiger partial charge in [-0.25, -0.2) is 8.78 Å². The Hall–Kier alpha value is -1.90. The minimum atomic E-state index is -0.709. The highest BCUT2D eigenvalue weighted by atomic mass is 19.1. The molecule has 96 valence electrons. The lowest BCUT2D eigenvalue weighted by Gasteiger charge is -2.05. The fraction of sp³-hybridized carbons (Fsp3) is 0.200. The first-order chi connectivity index (χ1) is 8.67. The fourth-order valence-electron chi connectivity index (χ4n) is 1.17. The summed E-state index contributed by atoms with van der Waals surface area (Å²) in [5.41, 5.74) is 0. The molecule has 2 rings (SSSR count). The summed E-state index contributed by atoms with van der Waals surface area (Å²) < 4.78 is 31.0. The zero-order valence-corrected chi connectivity index (χ0v) is 10.5. The van der Waals surface area contributed by atoms with E-state index >= 15 is 0 Å². The number of para-hydroxylation sites is 1. The summed E-state index contributed by atoms with van der Waals surface area (Å²) >= 11 is 0. The Kier molecular flexibility index (Phi) is 5.85. The molecule has 2 aromatic carbocycles. The average molecular weight is 250 g/mol. The monoisotopic (exact) mass is 250 g/mol. The predicted molar refractivity (Wildman–Crippen MR) is 68.8 cm³/mol. The highest BCUT2D eigenvalue weighted by Gasteiger charge is 2.05.